The van der Waals surface area contributed by atoms with E-state index in [9.17, 15) is 5.11 Å². The van der Waals surface area contributed by atoms with Crippen molar-refractivity contribution < 1.29 is 9.84 Å². The Balaban J connectivity index is 1.93. The van der Waals surface area contributed by atoms with Crippen LogP contribution in [0.1, 0.15) is 13.3 Å². The molecule has 1 unspecified atom stereocenters. The number of aliphatic hydroxyl groups is 1. The minimum atomic E-state index is -0.501. The summed E-state index contributed by atoms with van der Waals surface area (Å²) in [5, 5.41) is 13.0. The molecule has 2 N–H and O–H groups in total. The number of nitrogens with zero attached hydrogens (tertiary/aromatic N) is 1. The van der Waals surface area contributed by atoms with Crippen LogP contribution < -0.4 is 10.1 Å². The van der Waals surface area contributed by atoms with Gasteiger partial charge < -0.3 is 19.7 Å². The van der Waals surface area contributed by atoms with Gasteiger partial charge in [0.15, 0.2) is 0 Å². The number of aromatic nitrogens is 1. The van der Waals surface area contributed by atoms with Crippen molar-refractivity contribution in [3.05, 3.63) is 48.8 Å². The molecule has 2 aromatic rings. The van der Waals surface area contributed by atoms with Crippen LogP contribution in [0.15, 0.2) is 48.8 Å². The van der Waals surface area contributed by atoms with Crippen molar-refractivity contribution in [1.29, 1.82) is 0 Å². The predicted molar refractivity (Wildman–Crippen MR) is 80.4 cm³/mol. The first-order chi connectivity index (χ1) is 9.81. The number of para-hydroxylation sites is 2. The molecule has 0 aliphatic carbocycles. The summed E-state index contributed by atoms with van der Waals surface area (Å²) in [5.74, 6) is 0.776. The summed E-state index contributed by atoms with van der Waals surface area (Å²) in [6.07, 6.45) is 4.51. The van der Waals surface area contributed by atoms with Gasteiger partial charge in [-0.2, -0.15) is 0 Å². The van der Waals surface area contributed by atoms with Crippen LogP contribution in [0.4, 0.5) is 0 Å². The van der Waals surface area contributed by atoms with E-state index in [1.54, 1.807) is 0 Å². The van der Waals surface area contributed by atoms with Crippen LogP contribution in [0.25, 0.3) is 5.69 Å². The highest BCUT2D eigenvalue weighted by Gasteiger charge is 2.08. The molecule has 0 aliphatic heterocycles. The van der Waals surface area contributed by atoms with Gasteiger partial charge in [-0.3, -0.25) is 0 Å². The first kappa shape index (κ1) is 14.6. The Morgan fingerprint density at radius 2 is 1.95 bits per heavy atom. The highest BCUT2D eigenvalue weighted by atomic mass is 16.5. The van der Waals surface area contributed by atoms with Crippen LogP contribution in [0.5, 0.6) is 5.75 Å². The zero-order chi connectivity index (χ0) is 14.2. The van der Waals surface area contributed by atoms with E-state index in [1.165, 1.54) is 0 Å². The summed E-state index contributed by atoms with van der Waals surface area (Å²) in [4.78, 5) is 0. The maximum atomic E-state index is 9.86. The Bertz CT molecular complexity index is 497. The number of rotatable bonds is 8. The minimum Gasteiger partial charge on any atom is -0.489 e. The average molecular weight is 274 g/mol. The topological polar surface area (TPSA) is 46.4 Å². The normalized spacial score (nSPS) is 12.3. The van der Waals surface area contributed by atoms with Crippen LogP contribution in [-0.4, -0.2) is 35.5 Å². The fraction of sp³-hybridized carbons (Fsp3) is 0.375. The van der Waals surface area contributed by atoms with Gasteiger partial charge >= 0.3 is 0 Å². The maximum Gasteiger partial charge on any atom is 0.143 e. The lowest BCUT2D eigenvalue weighted by Gasteiger charge is -2.15. The van der Waals surface area contributed by atoms with Gasteiger partial charge in [0.1, 0.15) is 18.5 Å². The molecule has 0 saturated heterocycles. The summed E-state index contributed by atoms with van der Waals surface area (Å²) in [7, 11) is 0. The monoisotopic (exact) mass is 274 g/mol. The van der Waals surface area contributed by atoms with Gasteiger partial charge in [0.25, 0.3) is 0 Å². The molecule has 0 spiro atoms. The van der Waals surface area contributed by atoms with Crippen LogP contribution in [0.2, 0.25) is 0 Å². The number of nitrogens with one attached hydrogen (secondary N) is 1. The molecule has 0 bridgehead atoms. The summed E-state index contributed by atoms with van der Waals surface area (Å²) in [5.41, 5.74) is 0.978. The molecular weight excluding hydrogens is 252 g/mol. The Kier molecular flexibility index (Phi) is 5.65. The summed E-state index contributed by atoms with van der Waals surface area (Å²) in [6.45, 7) is 3.86. The molecule has 4 nitrogen and oxygen atoms in total. The van der Waals surface area contributed by atoms with Crippen molar-refractivity contribution in [2.45, 2.75) is 19.4 Å². The molecule has 20 heavy (non-hydrogen) atoms. The number of hydrogen-bond donors (Lipinski definition) is 2. The SMILES string of the molecule is CCCNCC(O)COc1ccccc1-n1cccc1. The van der Waals surface area contributed by atoms with Gasteiger partial charge in [0.05, 0.1) is 5.69 Å². The van der Waals surface area contributed by atoms with E-state index in [4.69, 9.17) is 4.74 Å². The lowest BCUT2D eigenvalue weighted by Crippen LogP contribution is -2.31. The van der Waals surface area contributed by atoms with E-state index >= 15 is 0 Å². The summed E-state index contributed by atoms with van der Waals surface area (Å²) < 4.78 is 7.74. The number of aliphatic hydroxyl groups excluding tert-OH is 1. The molecule has 0 saturated carbocycles. The molecule has 0 aliphatic rings. The second-order valence-corrected chi connectivity index (χ2v) is 4.73. The summed E-state index contributed by atoms with van der Waals surface area (Å²) in [6, 6.07) is 11.8. The minimum absolute atomic E-state index is 0.287. The van der Waals surface area contributed by atoms with Crippen molar-refractivity contribution in [3.8, 4) is 11.4 Å². The van der Waals surface area contributed by atoms with Crippen LogP contribution in [-0.2, 0) is 0 Å². The van der Waals surface area contributed by atoms with Crippen molar-refractivity contribution in [1.82, 2.24) is 9.88 Å². The van der Waals surface area contributed by atoms with Crippen LogP contribution in [0.3, 0.4) is 0 Å². The Hall–Kier alpha value is -1.78. The van der Waals surface area contributed by atoms with E-state index in [0.29, 0.717) is 6.54 Å². The quantitative estimate of drug-likeness (QED) is 0.726. The number of ether oxygens (including phenoxy) is 1. The second-order valence-electron chi connectivity index (χ2n) is 4.73. The smallest absolute Gasteiger partial charge is 0.143 e. The molecule has 1 aromatic heterocycles. The largest absolute Gasteiger partial charge is 0.489 e. The molecule has 1 atom stereocenters. The average Bonchev–Trinajstić information content (AvgIpc) is 3.00. The van der Waals surface area contributed by atoms with Gasteiger partial charge in [0, 0.05) is 18.9 Å². The zero-order valence-electron chi connectivity index (χ0n) is 11.8. The first-order valence-electron chi connectivity index (χ1n) is 7.05. The van der Waals surface area contributed by atoms with Gasteiger partial charge in [-0.1, -0.05) is 19.1 Å². The molecule has 4 heteroatoms. The first-order valence-corrected chi connectivity index (χ1v) is 7.05. The van der Waals surface area contributed by atoms with Gasteiger partial charge in [-0.15, -0.1) is 0 Å². The molecule has 0 fully saturated rings. The molecule has 1 heterocycles. The summed E-state index contributed by atoms with van der Waals surface area (Å²) >= 11 is 0. The number of benzene rings is 1. The lowest BCUT2D eigenvalue weighted by atomic mass is 10.3. The molecule has 0 radical (unpaired) electrons. The lowest BCUT2D eigenvalue weighted by molar-refractivity contribution is 0.106. The third-order valence-corrected chi connectivity index (χ3v) is 2.99. The Morgan fingerprint density at radius 1 is 1.20 bits per heavy atom. The third-order valence-electron chi connectivity index (χ3n) is 2.99. The molecular formula is C16H22N2O2. The molecule has 2 rings (SSSR count). The second kappa shape index (κ2) is 7.72. The highest BCUT2D eigenvalue weighted by Crippen LogP contribution is 2.22. The van der Waals surface area contributed by atoms with Crippen molar-refractivity contribution in [2.24, 2.45) is 0 Å². The van der Waals surface area contributed by atoms with Crippen LogP contribution >= 0.6 is 0 Å². The third kappa shape index (κ3) is 4.11. The highest BCUT2D eigenvalue weighted by molar-refractivity contribution is 5.46. The number of hydrogen-bond acceptors (Lipinski definition) is 3. The van der Waals surface area contributed by atoms with Crippen molar-refractivity contribution >= 4 is 0 Å². The predicted octanol–water partition coefficient (Wildman–Crippen LogP) is 2.22. The van der Waals surface area contributed by atoms with Gasteiger partial charge in [0.2, 0.25) is 0 Å². The molecule has 1 aromatic carbocycles. The Morgan fingerprint density at radius 3 is 2.70 bits per heavy atom. The van der Waals surface area contributed by atoms with Crippen molar-refractivity contribution in [3.63, 3.8) is 0 Å². The Labute approximate surface area is 120 Å². The van der Waals surface area contributed by atoms with Gasteiger partial charge in [-0.05, 0) is 37.2 Å². The van der Waals surface area contributed by atoms with Crippen molar-refractivity contribution in [2.75, 3.05) is 19.7 Å². The van der Waals surface area contributed by atoms with E-state index in [0.717, 1.165) is 24.4 Å². The van der Waals surface area contributed by atoms with Crippen LogP contribution in [0, 0.1) is 0 Å². The standard InChI is InChI=1S/C16H22N2O2/c1-2-9-17-12-14(19)13-20-16-8-4-3-7-15(16)18-10-5-6-11-18/h3-8,10-11,14,17,19H,2,9,12-13H2,1H3. The fourth-order valence-electron chi connectivity index (χ4n) is 1.98. The van der Waals surface area contributed by atoms with E-state index in [1.807, 2.05) is 53.4 Å². The van der Waals surface area contributed by atoms with E-state index < -0.39 is 6.10 Å². The van der Waals surface area contributed by atoms with E-state index in [2.05, 4.69) is 12.2 Å². The van der Waals surface area contributed by atoms with Gasteiger partial charge in [-0.25, -0.2) is 0 Å². The maximum absolute atomic E-state index is 9.86. The van der Waals surface area contributed by atoms with E-state index in [-0.39, 0.29) is 6.61 Å². The zero-order valence-corrected chi connectivity index (χ0v) is 11.8. The molecule has 0 amide bonds. The molecule has 108 valence electrons. The fourth-order valence-corrected chi connectivity index (χ4v) is 1.98.